The van der Waals surface area contributed by atoms with Crippen LogP contribution in [0.25, 0.3) is 0 Å². The van der Waals surface area contributed by atoms with Gasteiger partial charge in [0.05, 0.1) is 11.5 Å². The summed E-state index contributed by atoms with van der Waals surface area (Å²) in [7, 11) is 0. The first-order valence-corrected chi connectivity index (χ1v) is 4.60. The Balaban J connectivity index is 2.66. The van der Waals surface area contributed by atoms with Crippen LogP contribution in [0.15, 0.2) is 0 Å². The van der Waals surface area contributed by atoms with E-state index in [-0.39, 0.29) is 12.8 Å². The Bertz CT molecular complexity index is 230. The lowest BCUT2D eigenvalue weighted by atomic mass is 9.75. The van der Waals surface area contributed by atoms with Gasteiger partial charge in [0.2, 0.25) is 5.92 Å². The van der Waals surface area contributed by atoms with Gasteiger partial charge in [-0.1, -0.05) is 0 Å². The van der Waals surface area contributed by atoms with Crippen LogP contribution in [0.5, 0.6) is 0 Å². The molecule has 1 saturated carbocycles. The number of aliphatic hydroxyl groups is 1. The van der Waals surface area contributed by atoms with E-state index in [4.69, 9.17) is 5.11 Å². The van der Waals surface area contributed by atoms with Crippen LogP contribution in [-0.2, 0) is 4.79 Å². The van der Waals surface area contributed by atoms with Crippen LogP contribution >= 0.6 is 0 Å². The van der Waals surface area contributed by atoms with Gasteiger partial charge in [-0.2, -0.15) is 0 Å². The molecule has 0 aromatic rings. The second kappa shape index (κ2) is 3.46. The molecule has 0 aromatic heterocycles. The van der Waals surface area contributed by atoms with Crippen LogP contribution in [0, 0.1) is 5.92 Å². The second-order valence-corrected chi connectivity index (χ2v) is 4.02. The molecule has 0 amide bonds. The number of halogens is 2. The predicted octanol–water partition coefficient (Wildman–Crippen LogP) is 1.65. The topological polar surface area (TPSA) is 57.5 Å². The highest BCUT2D eigenvalue weighted by Crippen LogP contribution is 2.41. The van der Waals surface area contributed by atoms with Crippen LogP contribution in [0.1, 0.15) is 32.6 Å². The molecule has 14 heavy (non-hydrogen) atoms. The van der Waals surface area contributed by atoms with Crippen LogP contribution in [-0.4, -0.2) is 27.7 Å². The van der Waals surface area contributed by atoms with E-state index in [1.807, 2.05) is 0 Å². The number of carbonyl (C=O) groups is 1. The minimum Gasteiger partial charge on any atom is -0.481 e. The lowest BCUT2D eigenvalue weighted by molar-refractivity contribution is -0.162. The van der Waals surface area contributed by atoms with Crippen molar-refractivity contribution in [2.24, 2.45) is 5.92 Å². The Labute approximate surface area is 80.7 Å². The number of carboxylic acids is 1. The molecule has 1 fully saturated rings. The van der Waals surface area contributed by atoms with E-state index in [2.05, 4.69) is 0 Å². The van der Waals surface area contributed by atoms with Crippen molar-refractivity contribution in [3.05, 3.63) is 0 Å². The third kappa shape index (κ3) is 2.20. The van der Waals surface area contributed by atoms with Gasteiger partial charge in [0.15, 0.2) is 0 Å². The van der Waals surface area contributed by atoms with E-state index in [0.717, 1.165) is 0 Å². The smallest absolute Gasteiger partial charge is 0.309 e. The number of hydrogen-bond donors (Lipinski definition) is 2. The normalized spacial score (nSPS) is 26.9. The van der Waals surface area contributed by atoms with Gasteiger partial charge in [-0.05, 0) is 19.8 Å². The van der Waals surface area contributed by atoms with Crippen molar-refractivity contribution < 1.29 is 23.8 Å². The maximum atomic E-state index is 12.8. The molecule has 0 saturated heterocycles. The molecule has 0 radical (unpaired) electrons. The van der Waals surface area contributed by atoms with Gasteiger partial charge in [0, 0.05) is 12.8 Å². The largest absolute Gasteiger partial charge is 0.481 e. The van der Waals surface area contributed by atoms with E-state index in [1.54, 1.807) is 0 Å². The Morgan fingerprint density at radius 1 is 1.29 bits per heavy atom. The number of carboxylic acid groups (broad SMARTS) is 1. The maximum Gasteiger partial charge on any atom is 0.309 e. The Morgan fingerprint density at radius 3 is 2.07 bits per heavy atom. The molecule has 1 atom stereocenters. The molecule has 82 valence electrons. The molecule has 0 bridgehead atoms. The minimum absolute atomic E-state index is 0.145. The summed E-state index contributed by atoms with van der Waals surface area (Å²) in [6.45, 7) is 1.35. The molecule has 1 unspecified atom stereocenters. The number of alkyl halides is 2. The van der Waals surface area contributed by atoms with Gasteiger partial charge < -0.3 is 10.2 Å². The van der Waals surface area contributed by atoms with Gasteiger partial charge >= 0.3 is 5.97 Å². The molecule has 1 aliphatic carbocycles. The lowest BCUT2D eigenvalue weighted by Gasteiger charge is -2.38. The molecular formula is C9H14F2O3. The van der Waals surface area contributed by atoms with Gasteiger partial charge in [-0.15, -0.1) is 0 Å². The van der Waals surface area contributed by atoms with Gasteiger partial charge in [0.1, 0.15) is 0 Å². The van der Waals surface area contributed by atoms with Crippen molar-refractivity contribution in [1.29, 1.82) is 0 Å². The van der Waals surface area contributed by atoms with Gasteiger partial charge in [-0.25, -0.2) is 8.78 Å². The van der Waals surface area contributed by atoms with Crippen molar-refractivity contribution in [1.82, 2.24) is 0 Å². The Hall–Kier alpha value is -0.710. The number of hydrogen-bond acceptors (Lipinski definition) is 2. The fraction of sp³-hybridized carbons (Fsp3) is 0.889. The Kier molecular flexibility index (Phi) is 2.81. The number of aliphatic carboxylic acids is 1. The first-order chi connectivity index (χ1) is 6.27. The predicted molar refractivity (Wildman–Crippen MR) is 45.2 cm³/mol. The van der Waals surface area contributed by atoms with Crippen LogP contribution < -0.4 is 0 Å². The lowest BCUT2D eigenvalue weighted by Crippen LogP contribution is -2.46. The summed E-state index contributed by atoms with van der Waals surface area (Å²) >= 11 is 0. The van der Waals surface area contributed by atoms with Crippen molar-refractivity contribution in [3.8, 4) is 0 Å². The van der Waals surface area contributed by atoms with E-state index in [9.17, 15) is 18.7 Å². The zero-order chi connectivity index (χ0) is 11.0. The highest BCUT2D eigenvalue weighted by atomic mass is 19.3. The van der Waals surface area contributed by atoms with E-state index in [1.165, 1.54) is 6.92 Å². The zero-order valence-electron chi connectivity index (χ0n) is 7.96. The van der Waals surface area contributed by atoms with E-state index < -0.39 is 36.3 Å². The average Bonchev–Trinajstić information content (AvgIpc) is 2.09. The molecule has 0 aromatic carbocycles. The molecule has 2 N–H and O–H groups in total. The maximum absolute atomic E-state index is 12.8. The molecule has 0 aliphatic heterocycles. The van der Waals surface area contributed by atoms with E-state index >= 15 is 0 Å². The highest BCUT2D eigenvalue weighted by molar-refractivity contribution is 5.71. The van der Waals surface area contributed by atoms with Gasteiger partial charge in [-0.3, -0.25) is 4.79 Å². The fourth-order valence-corrected chi connectivity index (χ4v) is 1.71. The number of rotatable bonds is 2. The summed E-state index contributed by atoms with van der Waals surface area (Å²) in [5.74, 6) is -4.87. The molecular weight excluding hydrogens is 194 g/mol. The first kappa shape index (κ1) is 11.4. The van der Waals surface area contributed by atoms with E-state index in [0.29, 0.717) is 0 Å². The summed E-state index contributed by atoms with van der Waals surface area (Å²) in [4.78, 5) is 10.6. The molecule has 1 rings (SSSR count). The van der Waals surface area contributed by atoms with Crippen molar-refractivity contribution in [2.75, 3.05) is 0 Å². The van der Waals surface area contributed by atoms with Gasteiger partial charge in [0.25, 0.3) is 0 Å². The first-order valence-electron chi connectivity index (χ1n) is 4.60. The van der Waals surface area contributed by atoms with Crippen molar-refractivity contribution in [3.63, 3.8) is 0 Å². The Morgan fingerprint density at radius 2 is 1.71 bits per heavy atom. The minimum atomic E-state index is -2.75. The molecule has 1 aliphatic rings. The second-order valence-electron chi connectivity index (χ2n) is 4.02. The quantitative estimate of drug-likeness (QED) is 0.725. The highest BCUT2D eigenvalue weighted by Gasteiger charge is 2.47. The monoisotopic (exact) mass is 208 g/mol. The summed E-state index contributed by atoms with van der Waals surface area (Å²) in [5.41, 5.74) is -1.46. The standard InChI is InChI=1S/C9H14F2O3/c1-6(7(12)13)8(14)2-4-9(10,11)5-3-8/h6,14H,2-5H2,1H3,(H,12,13). The molecule has 5 heteroatoms. The molecule has 0 heterocycles. The van der Waals surface area contributed by atoms with Crippen molar-refractivity contribution >= 4 is 5.97 Å². The zero-order valence-corrected chi connectivity index (χ0v) is 7.96. The third-order valence-electron chi connectivity index (χ3n) is 3.02. The summed E-state index contributed by atoms with van der Waals surface area (Å²) < 4.78 is 25.5. The third-order valence-corrected chi connectivity index (χ3v) is 3.02. The summed E-state index contributed by atoms with van der Waals surface area (Å²) in [5, 5.41) is 18.5. The average molecular weight is 208 g/mol. The van der Waals surface area contributed by atoms with Crippen LogP contribution in [0.3, 0.4) is 0 Å². The van der Waals surface area contributed by atoms with Crippen molar-refractivity contribution in [2.45, 2.75) is 44.1 Å². The SMILES string of the molecule is CC(C(=O)O)C1(O)CCC(F)(F)CC1. The van der Waals surface area contributed by atoms with Crippen LogP contribution in [0.2, 0.25) is 0 Å². The molecule has 0 spiro atoms. The fourth-order valence-electron chi connectivity index (χ4n) is 1.71. The summed E-state index contributed by atoms with van der Waals surface area (Å²) in [6.07, 6.45) is -1.15. The molecule has 3 nitrogen and oxygen atoms in total. The summed E-state index contributed by atoms with van der Waals surface area (Å²) in [6, 6.07) is 0. The van der Waals surface area contributed by atoms with Crippen LogP contribution in [0.4, 0.5) is 8.78 Å².